The first-order chi connectivity index (χ1) is 14.0. The highest BCUT2D eigenvalue weighted by Crippen LogP contribution is 2.26. The summed E-state index contributed by atoms with van der Waals surface area (Å²) in [7, 11) is 0. The second kappa shape index (κ2) is 7.89. The van der Waals surface area contributed by atoms with Gasteiger partial charge in [-0.1, -0.05) is 12.1 Å². The minimum atomic E-state index is -0.224. The van der Waals surface area contributed by atoms with Crippen LogP contribution in [-0.4, -0.2) is 16.8 Å². The van der Waals surface area contributed by atoms with Gasteiger partial charge in [0.15, 0.2) is 0 Å². The van der Waals surface area contributed by atoms with Gasteiger partial charge in [-0.25, -0.2) is 4.98 Å². The largest absolute Gasteiger partial charge is 0.459 e. The summed E-state index contributed by atoms with van der Waals surface area (Å²) in [6, 6.07) is 7.84. The molecule has 0 radical (unpaired) electrons. The lowest BCUT2D eigenvalue weighted by molar-refractivity contribution is -0.117. The number of fused-ring (bicyclic) bond motifs is 2. The minimum Gasteiger partial charge on any atom is -0.459 e. The summed E-state index contributed by atoms with van der Waals surface area (Å²) < 4.78 is 5.89. The van der Waals surface area contributed by atoms with Crippen molar-refractivity contribution in [2.45, 2.75) is 32.9 Å². The fourth-order valence-electron chi connectivity index (χ4n) is 3.38. The van der Waals surface area contributed by atoms with Gasteiger partial charge in [0.25, 0.3) is 0 Å². The Morgan fingerprint density at radius 1 is 1.34 bits per heavy atom. The van der Waals surface area contributed by atoms with E-state index in [4.69, 9.17) is 10.2 Å². The molecule has 2 aromatic heterocycles. The average Bonchev–Trinajstić information content (AvgIpc) is 3.05. The molecule has 1 aliphatic rings. The van der Waals surface area contributed by atoms with E-state index in [9.17, 15) is 9.59 Å². The Hall–Kier alpha value is -3.45. The summed E-state index contributed by atoms with van der Waals surface area (Å²) in [5.74, 6) is 1.08. The third-order valence-corrected chi connectivity index (χ3v) is 5.05. The van der Waals surface area contributed by atoms with Crippen LogP contribution in [0.5, 0.6) is 0 Å². The van der Waals surface area contributed by atoms with Crippen LogP contribution in [0.2, 0.25) is 0 Å². The molecule has 0 bridgehead atoms. The van der Waals surface area contributed by atoms with Crippen LogP contribution in [0.15, 0.2) is 41.0 Å². The van der Waals surface area contributed by atoms with Gasteiger partial charge < -0.3 is 20.8 Å². The summed E-state index contributed by atoms with van der Waals surface area (Å²) >= 11 is 0. The number of rotatable bonds is 5. The number of carbonyl (C=O) groups is 2. The highest BCUT2D eigenvalue weighted by atomic mass is 16.3. The van der Waals surface area contributed by atoms with Crippen molar-refractivity contribution in [2.75, 3.05) is 5.32 Å². The van der Waals surface area contributed by atoms with Crippen molar-refractivity contribution in [3.63, 3.8) is 0 Å². The maximum atomic E-state index is 12.2. The van der Waals surface area contributed by atoms with Crippen LogP contribution in [0.1, 0.15) is 34.4 Å². The molecule has 0 atom stereocenters. The predicted molar refractivity (Wildman–Crippen MR) is 111 cm³/mol. The smallest absolute Gasteiger partial charge is 0.244 e. The van der Waals surface area contributed by atoms with Crippen molar-refractivity contribution in [3.8, 4) is 0 Å². The van der Waals surface area contributed by atoms with Crippen molar-refractivity contribution < 1.29 is 14.0 Å². The lowest BCUT2D eigenvalue weighted by atomic mass is 10.0. The van der Waals surface area contributed by atoms with Crippen molar-refractivity contribution >= 4 is 34.7 Å². The normalized spacial score (nSPS) is 13.5. The van der Waals surface area contributed by atoms with Crippen LogP contribution < -0.4 is 16.4 Å². The highest BCUT2D eigenvalue weighted by Gasteiger charge is 2.15. The van der Waals surface area contributed by atoms with E-state index in [1.807, 2.05) is 31.2 Å². The molecule has 7 heteroatoms. The summed E-state index contributed by atoms with van der Waals surface area (Å²) in [6.45, 7) is 2.73. The van der Waals surface area contributed by atoms with Gasteiger partial charge in [-0.15, -0.1) is 0 Å². The number of aryl methyl sites for hydroxylation is 2. The maximum Gasteiger partial charge on any atom is 0.244 e. The number of furan rings is 1. The molecular formula is C22H22N4O3. The van der Waals surface area contributed by atoms with E-state index in [1.54, 1.807) is 12.3 Å². The van der Waals surface area contributed by atoms with Gasteiger partial charge in [-0.05, 0) is 48.2 Å². The van der Waals surface area contributed by atoms with E-state index in [-0.39, 0.29) is 11.8 Å². The SMILES string of the molecule is Cc1c(CNC(=O)/C=C/c2cnc3c(c2)CCC(=O)N3)oc2cc(CN)ccc12. The molecule has 1 aromatic carbocycles. The predicted octanol–water partition coefficient (Wildman–Crippen LogP) is 2.81. The summed E-state index contributed by atoms with van der Waals surface area (Å²) in [6.07, 6.45) is 5.91. The summed E-state index contributed by atoms with van der Waals surface area (Å²) in [5, 5.41) is 6.61. The van der Waals surface area contributed by atoms with Crippen LogP contribution in [0, 0.1) is 6.92 Å². The molecule has 0 saturated heterocycles. The number of benzene rings is 1. The number of hydrogen-bond acceptors (Lipinski definition) is 5. The molecule has 0 saturated carbocycles. The van der Waals surface area contributed by atoms with Crippen LogP contribution in [0.25, 0.3) is 17.0 Å². The lowest BCUT2D eigenvalue weighted by Gasteiger charge is -2.15. The quantitative estimate of drug-likeness (QED) is 0.580. The van der Waals surface area contributed by atoms with Gasteiger partial charge >= 0.3 is 0 Å². The number of aromatic nitrogens is 1. The van der Waals surface area contributed by atoms with Gasteiger partial charge in [0, 0.05) is 36.2 Å². The van der Waals surface area contributed by atoms with E-state index in [2.05, 4.69) is 15.6 Å². The van der Waals surface area contributed by atoms with Crippen LogP contribution in [0.4, 0.5) is 5.82 Å². The van der Waals surface area contributed by atoms with Gasteiger partial charge in [0.1, 0.15) is 17.2 Å². The lowest BCUT2D eigenvalue weighted by Crippen LogP contribution is -2.20. The van der Waals surface area contributed by atoms with E-state index >= 15 is 0 Å². The Kier molecular flexibility index (Phi) is 5.14. The van der Waals surface area contributed by atoms with Crippen LogP contribution in [0.3, 0.4) is 0 Å². The molecule has 3 heterocycles. The van der Waals surface area contributed by atoms with Crippen LogP contribution in [-0.2, 0) is 29.1 Å². The van der Waals surface area contributed by atoms with Crippen molar-refractivity contribution in [3.05, 3.63) is 64.6 Å². The third kappa shape index (κ3) is 4.05. The number of carbonyl (C=O) groups excluding carboxylic acids is 2. The van der Waals surface area contributed by atoms with E-state index in [0.717, 1.165) is 39.0 Å². The Morgan fingerprint density at radius 3 is 3.03 bits per heavy atom. The molecule has 0 spiro atoms. The number of nitrogens with two attached hydrogens (primary N) is 1. The van der Waals surface area contributed by atoms with E-state index in [0.29, 0.717) is 31.7 Å². The fourth-order valence-corrected chi connectivity index (χ4v) is 3.38. The molecule has 4 N–H and O–H groups in total. The van der Waals surface area contributed by atoms with Gasteiger partial charge in [-0.2, -0.15) is 0 Å². The van der Waals surface area contributed by atoms with Crippen LogP contribution >= 0.6 is 0 Å². The number of pyridine rings is 1. The molecule has 1 aliphatic heterocycles. The molecule has 148 valence electrons. The first-order valence-electron chi connectivity index (χ1n) is 9.49. The number of hydrogen-bond donors (Lipinski definition) is 3. The molecule has 7 nitrogen and oxygen atoms in total. The van der Waals surface area contributed by atoms with Crippen molar-refractivity contribution in [1.29, 1.82) is 0 Å². The highest BCUT2D eigenvalue weighted by molar-refractivity contribution is 5.94. The van der Waals surface area contributed by atoms with Gasteiger partial charge in [-0.3, -0.25) is 9.59 Å². The van der Waals surface area contributed by atoms with E-state index < -0.39 is 0 Å². The summed E-state index contributed by atoms with van der Waals surface area (Å²) in [5.41, 5.74) is 10.2. The first-order valence-corrected chi connectivity index (χ1v) is 9.49. The van der Waals surface area contributed by atoms with Crippen molar-refractivity contribution in [1.82, 2.24) is 10.3 Å². The first kappa shape index (κ1) is 18.9. The molecule has 0 aliphatic carbocycles. The third-order valence-electron chi connectivity index (χ3n) is 5.05. The number of nitrogens with zero attached hydrogens (tertiary/aromatic N) is 1. The molecular weight excluding hydrogens is 368 g/mol. The number of amides is 2. The van der Waals surface area contributed by atoms with Gasteiger partial charge in [0.2, 0.25) is 11.8 Å². The Balaban J connectivity index is 1.41. The molecule has 2 amide bonds. The molecule has 0 unspecified atom stereocenters. The second-order valence-corrected chi connectivity index (χ2v) is 7.06. The number of anilines is 1. The second-order valence-electron chi connectivity index (χ2n) is 7.06. The zero-order chi connectivity index (χ0) is 20.4. The summed E-state index contributed by atoms with van der Waals surface area (Å²) in [4.78, 5) is 27.9. The zero-order valence-corrected chi connectivity index (χ0v) is 16.1. The zero-order valence-electron chi connectivity index (χ0n) is 16.1. The molecule has 29 heavy (non-hydrogen) atoms. The monoisotopic (exact) mass is 390 g/mol. The number of nitrogens with one attached hydrogen (secondary N) is 2. The standard InChI is InChI=1S/C22H22N4O3/c1-13-17-5-2-14(10-23)9-18(17)29-19(13)12-24-20(27)6-3-15-8-16-4-7-21(28)26-22(16)25-11-15/h2-3,5-6,8-9,11H,4,7,10,12,23H2,1H3,(H,24,27)(H,25,26,28)/b6-3+. The minimum absolute atomic E-state index is 0.0206. The molecule has 3 aromatic rings. The fraction of sp³-hybridized carbons (Fsp3) is 0.227. The Bertz CT molecular complexity index is 1130. The molecule has 0 fully saturated rings. The topological polar surface area (TPSA) is 110 Å². The molecule has 4 rings (SSSR count). The van der Waals surface area contributed by atoms with E-state index in [1.165, 1.54) is 6.08 Å². The Labute approximate surface area is 168 Å². The maximum absolute atomic E-state index is 12.2. The van der Waals surface area contributed by atoms with Crippen molar-refractivity contribution in [2.24, 2.45) is 5.73 Å². The Morgan fingerprint density at radius 2 is 2.21 bits per heavy atom. The van der Waals surface area contributed by atoms with Gasteiger partial charge in [0.05, 0.1) is 6.54 Å². The average molecular weight is 390 g/mol.